The highest BCUT2D eigenvalue weighted by Gasteiger charge is 2.36. The van der Waals surface area contributed by atoms with Gasteiger partial charge in [0.05, 0.1) is 4.92 Å². The number of non-ortho nitro benzene ring substituents is 1. The Morgan fingerprint density at radius 3 is 2.57 bits per heavy atom. The molecule has 1 aromatic heterocycles. The van der Waals surface area contributed by atoms with Crippen LogP contribution in [0.3, 0.4) is 0 Å². The van der Waals surface area contributed by atoms with E-state index in [9.17, 15) is 29.3 Å². The molecule has 1 aliphatic rings. The molecule has 2 aromatic rings. The molecule has 35 heavy (non-hydrogen) atoms. The van der Waals surface area contributed by atoms with Gasteiger partial charge in [0.25, 0.3) is 17.2 Å². The van der Waals surface area contributed by atoms with Gasteiger partial charge in [-0.1, -0.05) is 18.2 Å². The van der Waals surface area contributed by atoms with Crippen molar-refractivity contribution in [1.82, 2.24) is 14.8 Å². The molecule has 1 fully saturated rings. The van der Waals surface area contributed by atoms with Crippen LogP contribution in [0, 0.1) is 16.0 Å². The van der Waals surface area contributed by atoms with Crippen molar-refractivity contribution in [2.45, 2.75) is 25.3 Å². The first kappa shape index (κ1) is 25.8. The lowest BCUT2D eigenvalue weighted by molar-refractivity contribution is -0.384. The maximum absolute atomic E-state index is 13.5. The number of pyridine rings is 1. The molecule has 0 saturated carbocycles. The number of aromatic nitrogens is 1. The van der Waals surface area contributed by atoms with Crippen molar-refractivity contribution in [2.75, 3.05) is 33.4 Å². The number of nitrogens with one attached hydrogen (secondary N) is 1. The van der Waals surface area contributed by atoms with Crippen molar-refractivity contribution in [3.05, 3.63) is 74.7 Å². The van der Waals surface area contributed by atoms with Gasteiger partial charge >= 0.3 is 0 Å². The average molecular weight is 485 g/mol. The number of ether oxygens (including phenoxy) is 1. The lowest BCUT2D eigenvalue weighted by Gasteiger charge is -2.33. The normalized spacial score (nSPS) is 14.8. The van der Waals surface area contributed by atoms with Crippen LogP contribution in [0.15, 0.2) is 53.5 Å². The lowest BCUT2D eigenvalue weighted by Crippen LogP contribution is -2.48. The fourth-order valence-electron chi connectivity index (χ4n) is 4.05. The average Bonchev–Trinajstić information content (AvgIpc) is 2.87. The van der Waals surface area contributed by atoms with Crippen LogP contribution in [0.25, 0.3) is 0 Å². The zero-order valence-electron chi connectivity index (χ0n) is 19.4. The Hall–Kier alpha value is -3.86. The Balaban J connectivity index is 1.78. The fraction of sp³-hybridized carbons (Fsp3) is 0.417. The number of benzene rings is 1. The van der Waals surface area contributed by atoms with E-state index in [2.05, 4.69) is 5.32 Å². The monoisotopic (exact) mass is 484 g/mol. The van der Waals surface area contributed by atoms with Gasteiger partial charge in [0.15, 0.2) is 11.8 Å². The van der Waals surface area contributed by atoms with Crippen LogP contribution in [0.2, 0.25) is 0 Å². The fourth-order valence-corrected chi connectivity index (χ4v) is 4.05. The summed E-state index contributed by atoms with van der Waals surface area (Å²) in [6.45, 7) is 1.54. The molecular weight excluding hydrogens is 456 g/mol. The second-order valence-corrected chi connectivity index (χ2v) is 8.26. The number of rotatable bonds is 10. The molecule has 1 aliphatic heterocycles. The Morgan fingerprint density at radius 2 is 1.91 bits per heavy atom. The highest BCUT2D eigenvalue weighted by atomic mass is 16.6. The molecule has 11 heteroatoms. The molecule has 1 saturated heterocycles. The van der Waals surface area contributed by atoms with E-state index in [-0.39, 0.29) is 36.2 Å². The predicted molar refractivity (Wildman–Crippen MR) is 126 cm³/mol. The maximum Gasteiger partial charge on any atom is 0.270 e. The molecule has 0 bridgehead atoms. The van der Waals surface area contributed by atoms with Crippen molar-refractivity contribution >= 4 is 23.3 Å². The molecule has 1 unspecified atom stereocenters. The van der Waals surface area contributed by atoms with Crippen molar-refractivity contribution in [3.8, 4) is 0 Å². The van der Waals surface area contributed by atoms with Crippen LogP contribution in [0.5, 0.6) is 0 Å². The zero-order valence-corrected chi connectivity index (χ0v) is 19.4. The van der Waals surface area contributed by atoms with Crippen LogP contribution in [-0.2, 0) is 14.3 Å². The Morgan fingerprint density at radius 1 is 1.17 bits per heavy atom. The number of carbonyl (C=O) groups excluding carboxylic acids is 3. The van der Waals surface area contributed by atoms with Gasteiger partial charge in [0.2, 0.25) is 5.91 Å². The number of amides is 2. The van der Waals surface area contributed by atoms with Gasteiger partial charge in [0, 0.05) is 69.2 Å². The second-order valence-electron chi connectivity index (χ2n) is 8.26. The van der Waals surface area contributed by atoms with Crippen molar-refractivity contribution in [1.29, 1.82) is 0 Å². The molecule has 1 atom stereocenters. The van der Waals surface area contributed by atoms with Gasteiger partial charge < -0.3 is 15.0 Å². The molecule has 2 heterocycles. The number of carbonyl (C=O) groups is 3. The van der Waals surface area contributed by atoms with Gasteiger partial charge in [-0.3, -0.25) is 33.9 Å². The highest BCUT2D eigenvalue weighted by Crippen LogP contribution is 2.24. The summed E-state index contributed by atoms with van der Waals surface area (Å²) in [5.74, 6) is -1.65. The summed E-state index contributed by atoms with van der Waals surface area (Å²) in [5.41, 5.74) is -0.881. The number of ketones is 1. The van der Waals surface area contributed by atoms with E-state index in [4.69, 9.17) is 4.74 Å². The van der Waals surface area contributed by atoms with Crippen molar-refractivity contribution in [3.63, 3.8) is 0 Å². The third-order valence-corrected chi connectivity index (χ3v) is 5.95. The lowest BCUT2D eigenvalue weighted by atomic mass is 9.94. The summed E-state index contributed by atoms with van der Waals surface area (Å²) in [7, 11) is 1.59. The first-order chi connectivity index (χ1) is 16.8. The van der Waals surface area contributed by atoms with Crippen LogP contribution in [0.1, 0.15) is 35.7 Å². The summed E-state index contributed by atoms with van der Waals surface area (Å²) in [4.78, 5) is 63.8. The van der Waals surface area contributed by atoms with E-state index in [1.807, 2.05) is 0 Å². The summed E-state index contributed by atoms with van der Waals surface area (Å²) in [5, 5.41) is 14.0. The third-order valence-electron chi connectivity index (χ3n) is 5.95. The third kappa shape index (κ3) is 6.38. The first-order valence-corrected chi connectivity index (χ1v) is 11.3. The number of nitro groups is 1. The summed E-state index contributed by atoms with van der Waals surface area (Å²) >= 11 is 0. The first-order valence-electron chi connectivity index (χ1n) is 11.3. The minimum absolute atomic E-state index is 0.0429. The van der Waals surface area contributed by atoms with Gasteiger partial charge in [0.1, 0.15) is 0 Å². The van der Waals surface area contributed by atoms with Crippen LogP contribution in [0.4, 0.5) is 5.69 Å². The molecule has 0 radical (unpaired) electrons. The number of hydrogen-bond acceptors (Lipinski definition) is 7. The molecular formula is C24H28N4O7. The predicted octanol–water partition coefficient (Wildman–Crippen LogP) is 1.57. The van der Waals surface area contributed by atoms with Crippen LogP contribution < -0.4 is 10.9 Å². The molecule has 1 aromatic carbocycles. The quantitative estimate of drug-likeness (QED) is 0.177. The zero-order chi connectivity index (χ0) is 25.4. The van der Waals surface area contributed by atoms with Gasteiger partial charge in [-0.15, -0.1) is 0 Å². The van der Waals surface area contributed by atoms with E-state index < -0.39 is 28.2 Å². The van der Waals surface area contributed by atoms with Crippen LogP contribution >= 0.6 is 0 Å². The van der Waals surface area contributed by atoms with Gasteiger partial charge in [-0.05, 0) is 25.3 Å². The minimum Gasteiger partial charge on any atom is -0.385 e. The molecule has 0 spiro atoms. The van der Waals surface area contributed by atoms with Crippen molar-refractivity contribution in [2.24, 2.45) is 5.92 Å². The Labute approximate surface area is 201 Å². The van der Waals surface area contributed by atoms with Crippen LogP contribution in [-0.4, -0.2) is 65.3 Å². The van der Waals surface area contributed by atoms with E-state index in [0.717, 1.165) is 10.6 Å². The maximum atomic E-state index is 13.5. The highest BCUT2D eigenvalue weighted by molar-refractivity contribution is 6.12. The van der Waals surface area contributed by atoms with Crippen molar-refractivity contribution < 1.29 is 24.0 Å². The molecule has 3 rings (SSSR count). The summed E-state index contributed by atoms with van der Waals surface area (Å²) < 4.78 is 6.01. The second kappa shape index (κ2) is 12.0. The SMILES string of the molecule is COCCCNC(=O)C1CCN(C(=O)C(C(=O)c2cccc([N+](=O)[O-])c2)n2ccccc2=O)CC1. The molecule has 1 N–H and O–H groups in total. The Bertz CT molecular complexity index is 1140. The molecule has 0 aliphatic carbocycles. The molecule has 186 valence electrons. The largest absolute Gasteiger partial charge is 0.385 e. The van der Waals surface area contributed by atoms with Gasteiger partial charge in [-0.2, -0.15) is 0 Å². The van der Waals surface area contributed by atoms with E-state index >= 15 is 0 Å². The number of nitro benzene ring substituents is 1. The Kier molecular flexibility index (Phi) is 8.85. The number of piperidine rings is 1. The number of nitrogens with zero attached hydrogens (tertiary/aromatic N) is 3. The van der Waals surface area contributed by atoms with E-state index in [1.165, 1.54) is 47.5 Å². The topological polar surface area (TPSA) is 141 Å². The number of likely N-dealkylation sites (tertiary alicyclic amines) is 1. The van der Waals surface area contributed by atoms with Gasteiger partial charge in [-0.25, -0.2) is 0 Å². The number of hydrogen-bond donors (Lipinski definition) is 1. The number of methoxy groups -OCH3 is 1. The summed E-state index contributed by atoms with van der Waals surface area (Å²) in [6.07, 6.45) is 2.89. The smallest absolute Gasteiger partial charge is 0.270 e. The number of Topliss-reactive ketones (excluding diaryl/α,β-unsaturated/α-hetero) is 1. The molecule has 2 amide bonds. The minimum atomic E-state index is -1.51. The van der Waals surface area contributed by atoms with E-state index in [1.54, 1.807) is 7.11 Å². The molecule has 11 nitrogen and oxygen atoms in total. The summed E-state index contributed by atoms with van der Waals surface area (Å²) in [6, 6.07) is 7.83. The van der Waals surface area contributed by atoms with E-state index in [0.29, 0.717) is 32.4 Å². The standard InChI is InChI=1S/C24H28N4O7/c1-35-15-5-11-25-23(31)17-9-13-26(14-10-17)24(32)21(27-12-3-2-8-20(27)29)22(30)18-6-4-7-19(16-18)28(33)34/h2-4,6-8,12,16-17,21H,5,9-11,13-15H2,1H3,(H,25,31).